The molecule has 0 atom stereocenters. The highest BCUT2D eigenvalue weighted by atomic mass is 16.2. The van der Waals surface area contributed by atoms with Crippen molar-refractivity contribution in [3.8, 4) is 0 Å². The molecule has 1 saturated heterocycles. The van der Waals surface area contributed by atoms with Gasteiger partial charge < -0.3 is 5.32 Å². The summed E-state index contributed by atoms with van der Waals surface area (Å²) < 4.78 is 0. The summed E-state index contributed by atoms with van der Waals surface area (Å²) in [5.41, 5.74) is 1.07. The van der Waals surface area contributed by atoms with E-state index in [0.29, 0.717) is 6.54 Å². The zero-order valence-electron chi connectivity index (χ0n) is 14.1. The number of benzene rings is 1. The summed E-state index contributed by atoms with van der Waals surface area (Å²) >= 11 is 0. The van der Waals surface area contributed by atoms with E-state index in [2.05, 4.69) is 48.6 Å². The Bertz CT molecular complexity index is 604. The van der Waals surface area contributed by atoms with Gasteiger partial charge in [0, 0.05) is 12.5 Å². The van der Waals surface area contributed by atoms with Crippen LogP contribution in [0.15, 0.2) is 30.3 Å². The Balaban J connectivity index is 1.82. The number of hydrogen-bond acceptors (Lipinski definition) is 3. The van der Waals surface area contributed by atoms with E-state index in [1.54, 1.807) is 0 Å². The van der Waals surface area contributed by atoms with Crippen molar-refractivity contribution in [2.75, 3.05) is 20.6 Å². The van der Waals surface area contributed by atoms with E-state index >= 15 is 0 Å². The molecule has 2 aliphatic rings. The van der Waals surface area contributed by atoms with Crippen molar-refractivity contribution >= 4 is 11.9 Å². The molecule has 3 rings (SSSR count). The molecule has 1 spiro atoms. The summed E-state index contributed by atoms with van der Waals surface area (Å²) in [6.45, 7) is 1.95. The Hall–Kier alpha value is -1.88. The number of nitrogens with one attached hydrogen (secondary N) is 1. The second-order valence-electron chi connectivity index (χ2n) is 7.11. The molecule has 124 valence electrons. The van der Waals surface area contributed by atoms with E-state index < -0.39 is 0 Å². The minimum absolute atomic E-state index is 0.000874. The predicted octanol–water partition coefficient (Wildman–Crippen LogP) is 2.33. The lowest BCUT2D eigenvalue weighted by molar-refractivity contribution is -0.125. The van der Waals surface area contributed by atoms with Gasteiger partial charge in [-0.1, -0.05) is 30.3 Å². The van der Waals surface area contributed by atoms with Crippen molar-refractivity contribution in [2.24, 2.45) is 0 Å². The van der Waals surface area contributed by atoms with Crippen LogP contribution in [-0.4, -0.2) is 47.9 Å². The van der Waals surface area contributed by atoms with Crippen LogP contribution in [-0.2, 0) is 10.3 Å². The van der Waals surface area contributed by atoms with Gasteiger partial charge in [-0.25, -0.2) is 4.79 Å². The summed E-state index contributed by atoms with van der Waals surface area (Å²) in [5, 5.41) is 3.08. The van der Waals surface area contributed by atoms with Gasteiger partial charge in [0.2, 0.25) is 5.91 Å². The van der Waals surface area contributed by atoms with Crippen molar-refractivity contribution in [2.45, 2.75) is 43.7 Å². The molecule has 1 saturated carbocycles. The Kier molecular flexibility index (Phi) is 3.92. The second kappa shape index (κ2) is 5.64. The number of hydrogen-bond donors (Lipinski definition) is 1. The molecule has 1 N–H and O–H groups in total. The monoisotopic (exact) mass is 315 g/mol. The molecule has 0 bridgehead atoms. The maximum atomic E-state index is 12.0. The molecule has 0 aromatic heterocycles. The van der Waals surface area contributed by atoms with Crippen LogP contribution in [0.3, 0.4) is 0 Å². The molecule has 0 radical (unpaired) electrons. The molecule has 1 aliphatic carbocycles. The quantitative estimate of drug-likeness (QED) is 0.911. The topological polar surface area (TPSA) is 52.7 Å². The molecular weight excluding hydrogens is 290 g/mol. The number of nitrogens with zero attached hydrogens (tertiary/aromatic N) is 2. The lowest BCUT2D eigenvalue weighted by atomic mass is 9.69. The molecule has 1 aromatic rings. The predicted molar refractivity (Wildman–Crippen MR) is 88.9 cm³/mol. The largest absolute Gasteiger partial charge is 0.330 e. The van der Waals surface area contributed by atoms with Gasteiger partial charge in [-0.15, -0.1) is 0 Å². The summed E-state index contributed by atoms with van der Waals surface area (Å²) in [6, 6.07) is 10.3. The van der Waals surface area contributed by atoms with E-state index in [4.69, 9.17) is 0 Å². The molecular formula is C18H25N3O2. The Morgan fingerprint density at radius 1 is 1.13 bits per heavy atom. The molecule has 2 fully saturated rings. The minimum Gasteiger partial charge on any atom is -0.330 e. The third kappa shape index (κ3) is 2.63. The van der Waals surface area contributed by atoms with Gasteiger partial charge in [-0.3, -0.25) is 14.6 Å². The van der Waals surface area contributed by atoms with Crippen LogP contribution >= 0.6 is 0 Å². The van der Waals surface area contributed by atoms with Gasteiger partial charge in [0.1, 0.15) is 0 Å². The van der Waals surface area contributed by atoms with Gasteiger partial charge in [0.05, 0.1) is 12.1 Å². The first-order valence-electron chi connectivity index (χ1n) is 8.22. The van der Waals surface area contributed by atoms with Crippen LogP contribution in [0.25, 0.3) is 0 Å². The summed E-state index contributed by atoms with van der Waals surface area (Å²) in [5.74, 6) is -0.174. The van der Waals surface area contributed by atoms with E-state index in [9.17, 15) is 9.59 Å². The van der Waals surface area contributed by atoms with Gasteiger partial charge >= 0.3 is 6.03 Å². The smallest absolute Gasteiger partial charge is 0.324 e. The maximum absolute atomic E-state index is 12.0. The Morgan fingerprint density at radius 3 is 2.22 bits per heavy atom. The fourth-order valence-corrected chi connectivity index (χ4v) is 4.13. The Morgan fingerprint density at radius 2 is 1.74 bits per heavy atom. The van der Waals surface area contributed by atoms with Gasteiger partial charge in [-0.2, -0.15) is 0 Å². The lowest BCUT2D eigenvalue weighted by Gasteiger charge is -2.48. The lowest BCUT2D eigenvalue weighted by Crippen LogP contribution is -2.54. The van der Waals surface area contributed by atoms with Gasteiger partial charge in [0.15, 0.2) is 0 Å². The molecule has 0 unspecified atom stereocenters. The SMILES string of the molecule is CC(=O)N1C[C@]2(CC[C@](c3ccccc3)(N(C)C)CC2)NC1=O. The Labute approximate surface area is 137 Å². The average Bonchev–Trinajstić information content (AvgIpc) is 2.86. The molecule has 5 nitrogen and oxygen atoms in total. The van der Waals surface area contributed by atoms with Crippen LogP contribution in [0.2, 0.25) is 0 Å². The fraction of sp³-hybridized carbons (Fsp3) is 0.556. The molecule has 1 aromatic carbocycles. The highest BCUT2D eigenvalue weighted by Gasteiger charge is 2.50. The van der Waals surface area contributed by atoms with Crippen molar-refractivity contribution in [3.05, 3.63) is 35.9 Å². The number of amides is 3. The van der Waals surface area contributed by atoms with Crippen LogP contribution < -0.4 is 5.32 Å². The summed E-state index contributed by atoms with van der Waals surface area (Å²) in [7, 11) is 4.25. The van der Waals surface area contributed by atoms with Gasteiger partial charge in [-0.05, 0) is 45.3 Å². The van der Waals surface area contributed by atoms with Crippen LogP contribution in [0.5, 0.6) is 0 Å². The summed E-state index contributed by atoms with van der Waals surface area (Å²) in [6.07, 6.45) is 3.71. The third-order valence-electron chi connectivity index (χ3n) is 5.66. The maximum Gasteiger partial charge on any atom is 0.324 e. The summed E-state index contributed by atoms with van der Waals surface area (Å²) in [4.78, 5) is 27.3. The number of carbonyl (C=O) groups excluding carboxylic acids is 2. The first-order chi connectivity index (χ1) is 10.9. The zero-order valence-corrected chi connectivity index (χ0v) is 14.1. The number of carbonyl (C=O) groups is 2. The minimum atomic E-state index is -0.253. The zero-order chi connectivity index (χ0) is 16.7. The average molecular weight is 315 g/mol. The third-order valence-corrected chi connectivity index (χ3v) is 5.66. The fourth-order valence-electron chi connectivity index (χ4n) is 4.13. The second-order valence-corrected chi connectivity index (χ2v) is 7.11. The van der Waals surface area contributed by atoms with Crippen LogP contribution in [0.4, 0.5) is 4.79 Å². The van der Waals surface area contributed by atoms with E-state index in [1.807, 2.05) is 6.07 Å². The molecule has 5 heteroatoms. The van der Waals surface area contributed by atoms with E-state index in [1.165, 1.54) is 17.4 Å². The first kappa shape index (κ1) is 16.0. The molecule has 23 heavy (non-hydrogen) atoms. The van der Waals surface area contributed by atoms with Gasteiger partial charge in [0.25, 0.3) is 0 Å². The highest BCUT2D eigenvalue weighted by Crippen LogP contribution is 2.45. The number of imide groups is 1. The standard InChI is InChI=1S/C18H25N3O2/c1-14(22)21-13-17(19-16(21)23)9-11-18(12-10-17,20(2)3)15-7-5-4-6-8-15/h4-8H,9-13H2,1-3H3,(H,19,23)/t17-,18+. The van der Waals surface area contributed by atoms with Crippen molar-refractivity contribution in [1.82, 2.24) is 15.1 Å². The van der Waals surface area contributed by atoms with E-state index in [0.717, 1.165) is 25.7 Å². The first-order valence-corrected chi connectivity index (χ1v) is 8.22. The van der Waals surface area contributed by atoms with Crippen LogP contribution in [0, 0.1) is 0 Å². The van der Waals surface area contributed by atoms with Crippen molar-refractivity contribution in [3.63, 3.8) is 0 Å². The number of rotatable bonds is 2. The van der Waals surface area contributed by atoms with Crippen LogP contribution in [0.1, 0.15) is 38.2 Å². The van der Waals surface area contributed by atoms with E-state index in [-0.39, 0.29) is 23.0 Å². The normalized spacial score (nSPS) is 30.8. The highest BCUT2D eigenvalue weighted by molar-refractivity contribution is 5.95. The van der Waals surface area contributed by atoms with Crippen molar-refractivity contribution in [1.29, 1.82) is 0 Å². The number of urea groups is 1. The molecule has 1 heterocycles. The van der Waals surface area contributed by atoms with Crippen molar-refractivity contribution < 1.29 is 9.59 Å². The molecule has 1 aliphatic heterocycles. The molecule has 3 amide bonds.